The molecule has 0 aliphatic carbocycles. The Morgan fingerprint density at radius 1 is 1.31 bits per heavy atom. The van der Waals surface area contributed by atoms with Gasteiger partial charge < -0.3 is 9.64 Å². The molecule has 3 nitrogen and oxygen atoms in total. The van der Waals surface area contributed by atoms with Crippen molar-refractivity contribution in [2.24, 2.45) is 0 Å². The molecule has 0 aromatic carbocycles. The van der Waals surface area contributed by atoms with E-state index in [0.29, 0.717) is 0 Å². The lowest BCUT2D eigenvalue weighted by atomic mass is 10.1. The number of hydrogen-bond donors (Lipinski definition) is 0. The first-order valence-electron chi connectivity index (χ1n) is 6.23. The molecule has 0 atom stereocenters. The van der Waals surface area contributed by atoms with Crippen molar-refractivity contribution in [2.75, 3.05) is 13.7 Å². The molecular formula is C13H27NO2. The molecule has 3 heteroatoms. The van der Waals surface area contributed by atoms with Crippen LogP contribution in [0.2, 0.25) is 0 Å². The average molecular weight is 229 g/mol. The molecule has 0 aliphatic rings. The maximum absolute atomic E-state index is 12.2. The lowest BCUT2D eigenvalue weighted by Gasteiger charge is -2.33. The van der Waals surface area contributed by atoms with Gasteiger partial charge in [-0.05, 0) is 34.1 Å². The first-order valence-corrected chi connectivity index (χ1v) is 6.23. The normalized spacial score (nSPS) is 11.9. The number of hydrogen-bond acceptors (Lipinski definition) is 2. The van der Waals surface area contributed by atoms with Crippen LogP contribution in [-0.2, 0) is 9.53 Å². The lowest BCUT2D eigenvalue weighted by Crippen LogP contribution is -2.49. The molecule has 0 heterocycles. The molecule has 0 bridgehead atoms. The van der Waals surface area contributed by atoms with E-state index in [2.05, 4.69) is 20.8 Å². The van der Waals surface area contributed by atoms with Gasteiger partial charge in [-0.1, -0.05) is 19.8 Å². The van der Waals surface area contributed by atoms with E-state index in [1.165, 1.54) is 12.8 Å². The predicted octanol–water partition coefficient (Wildman–Crippen LogP) is 2.84. The quantitative estimate of drug-likeness (QED) is 0.628. The van der Waals surface area contributed by atoms with Crippen LogP contribution in [0.3, 0.4) is 0 Å². The summed E-state index contributed by atoms with van der Waals surface area (Å²) in [6.45, 7) is 10.7. The van der Waals surface area contributed by atoms with E-state index in [4.69, 9.17) is 4.74 Å². The van der Waals surface area contributed by atoms with Crippen molar-refractivity contribution in [3.05, 3.63) is 0 Å². The summed E-state index contributed by atoms with van der Waals surface area (Å²) in [7, 11) is 1.59. The molecule has 1 amide bonds. The van der Waals surface area contributed by atoms with Gasteiger partial charge in [0, 0.05) is 19.7 Å². The summed E-state index contributed by atoms with van der Waals surface area (Å²) in [6, 6.07) is 0.235. The largest absolute Gasteiger partial charge is 0.369 e. The first kappa shape index (κ1) is 15.4. The zero-order valence-corrected chi connectivity index (χ0v) is 11.7. The van der Waals surface area contributed by atoms with E-state index in [1.54, 1.807) is 7.11 Å². The summed E-state index contributed by atoms with van der Waals surface area (Å²) in [6.07, 6.45) is 3.41. The highest BCUT2D eigenvalue weighted by atomic mass is 16.5. The van der Waals surface area contributed by atoms with Crippen LogP contribution in [0.25, 0.3) is 0 Å². The van der Waals surface area contributed by atoms with E-state index in [1.807, 2.05) is 18.7 Å². The number of carbonyl (C=O) groups is 1. The van der Waals surface area contributed by atoms with E-state index in [0.717, 1.165) is 13.0 Å². The number of carbonyl (C=O) groups excluding carboxylic acids is 1. The van der Waals surface area contributed by atoms with E-state index >= 15 is 0 Å². The number of nitrogens with zero attached hydrogens (tertiary/aromatic N) is 1. The Hall–Kier alpha value is -0.570. The van der Waals surface area contributed by atoms with Gasteiger partial charge >= 0.3 is 0 Å². The summed E-state index contributed by atoms with van der Waals surface area (Å²) < 4.78 is 5.25. The van der Waals surface area contributed by atoms with Crippen LogP contribution in [-0.4, -0.2) is 36.1 Å². The standard InChI is InChI=1S/C13H27NO2/c1-7-8-9-10-14(11(2)3)12(15)13(4,5)16-6/h11H,7-10H2,1-6H3. The van der Waals surface area contributed by atoms with Crippen molar-refractivity contribution >= 4 is 5.91 Å². The van der Waals surface area contributed by atoms with E-state index < -0.39 is 5.60 Å². The highest BCUT2D eigenvalue weighted by molar-refractivity contribution is 5.84. The summed E-state index contributed by atoms with van der Waals surface area (Å²) in [5.41, 5.74) is -0.712. The molecule has 0 fully saturated rings. The highest BCUT2D eigenvalue weighted by Crippen LogP contribution is 2.15. The van der Waals surface area contributed by atoms with Gasteiger partial charge in [0.2, 0.25) is 0 Å². The van der Waals surface area contributed by atoms with Gasteiger partial charge in [-0.2, -0.15) is 0 Å². The lowest BCUT2D eigenvalue weighted by molar-refractivity contribution is -0.152. The summed E-state index contributed by atoms with van der Waals surface area (Å²) in [4.78, 5) is 14.1. The molecule has 0 aromatic rings. The molecule has 0 aromatic heterocycles. The van der Waals surface area contributed by atoms with Crippen molar-refractivity contribution in [1.82, 2.24) is 4.90 Å². The summed E-state index contributed by atoms with van der Waals surface area (Å²) >= 11 is 0. The number of amides is 1. The fourth-order valence-corrected chi connectivity index (χ4v) is 1.56. The molecule has 0 unspecified atom stereocenters. The topological polar surface area (TPSA) is 29.5 Å². The van der Waals surface area contributed by atoms with Crippen molar-refractivity contribution < 1.29 is 9.53 Å². The SMILES string of the molecule is CCCCCN(C(=O)C(C)(C)OC)C(C)C. The van der Waals surface area contributed by atoms with Crippen LogP contribution in [0.4, 0.5) is 0 Å². The number of rotatable bonds is 7. The molecular weight excluding hydrogens is 202 g/mol. The minimum absolute atomic E-state index is 0.0844. The van der Waals surface area contributed by atoms with E-state index in [9.17, 15) is 4.79 Å². The molecule has 0 aliphatic heterocycles. The molecule has 0 saturated carbocycles. The monoisotopic (exact) mass is 229 g/mol. The first-order chi connectivity index (χ1) is 7.36. The van der Waals surface area contributed by atoms with Crippen molar-refractivity contribution in [3.8, 4) is 0 Å². The maximum Gasteiger partial charge on any atom is 0.254 e. The van der Waals surface area contributed by atoms with Crippen LogP contribution in [0, 0.1) is 0 Å². The van der Waals surface area contributed by atoms with Gasteiger partial charge in [0.1, 0.15) is 5.60 Å². The van der Waals surface area contributed by atoms with Crippen LogP contribution in [0.1, 0.15) is 53.9 Å². The van der Waals surface area contributed by atoms with Gasteiger partial charge in [0.15, 0.2) is 0 Å². The molecule has 0 rings (SSSR count). The average Bonchev–Trinajstić information content (AvgIpc) is 2.23. The predicted molar refractivity (Wildman–Crippen MR) is 67.5 cm³/mol. The van der Waals surface area contributed by atoms with E-state index in [-0.39, 0.29) is 11.9 Å². The van der Waals surface area contributed by atoms with Gasteiger partial charge in [0.05, 0.1) is 0 Å². The third-order valence-corrected chi connectivity index (χ3v) is 2.91. The summed E-state index contributed by atoms with van der Waals surface area (Å²) in [5, 5.41) is 0. The molecule has 16 heavy (non-hydrogen) atoms. The second-order valence-corrected chi connectivity index (χ2v) is 5.01. The number of methoxy groups -OCH3 is 1. The summed E-state index contributed by atoms with van der Waals surface area (Å²) in [5.74, 6) is 0.0844. The minimum atomic E-state index is -0.712. The second kappa shape index (κ2) is 6.89. The second-order valence-electron chi connectivity index (χ2n) is 5.01. The fraction of sp³-hybridized carbons (Fsp3) is 0.923. The Morgan fingerprint density at radius 3 is 2.25 bits per heavy atom. The highest BCUT2D eigenvalue weighted by Gasteiger charge is 2.32. The molecule has 0 spiro atoms. The molecule has 0 radical (unpaired) electrons. The molecule has 0 N–H and O–H groups in total. The van der Waals surface area contributed by atoms with Crippen molar-refractivity contribution in [3.63, 3.8) is 0 Å². The smallest absolute Gasteiger partial charge is 0.254 e. The van der Waals surface area contributed by atoms with Crippen LogP contribution in [0.5, 0.6) is 0 Å². The molecule has 96 valence electrons. The van der Waals surface area contributed by atoms with Gasteiger partial charge in [-0.15, -0.1) is 0 Å². The van der Waals surface area contributed by atoms with Crippen molar-refractivity contribution in [2.45, 2.75) is 65.5 Å². The molecule has 0 saturated heterocycles. The van der Waals surface area contributed by atoms with Gasteiger partial charge in [-0.25, -0.2) is 0 Å². The Labute approximate surface area is 100 Å². The van der Waals surface area contributed by atoms with Crippen molar-refractivity contribution in [1.29, 1.82) is 0 Å². The Kier molecular flexibility index (Phi) is 6.65. The third-order valence-electron chi connectivity index (χ3n) is 2.91. The Bertz CT molecular complexity index is 212. The Morgan fingerprint density at radius 2 is 1.88 bits per heavy atom. The minimum Gasteiger partial charge on any atom is -0.369 e. The number of unbranched alkanes of at least 4 members (excludes halogenated alkanes) is 2. The maximum atomic E-state index is 12.2. The van der Waals surface area contributed by atoms with Gasteiger partial charge in [0.25, 0.3) is 5.91 Å². The van der Waals surface area contributed by atoms with Crippen LogP contribution in [0.15, 0.2) is 0 Å². The number of ether oxygens (including phenoxy) is 1. The van der Waals surface area contributed by atoms with Crippen LogP contribution < -0.4 is 0 Å². The zero-order valence-electron chi connectivity index (χ0n) is 11.7. The fourth-order valence-electron chi connectivity index (χ4n) is 1.56. The Balaban J connectivity index is 4.47. The third kappa shape index (κ3) is 4.52. The zero-order chi connectivity index (χ0) is 12.8. The van der Waals surface area contributed by atoms with Crippen LogP contribution >= 0.6 is 0 Å². The van der Waals surface area contributed by atoms with Gasteiger partial charge in [-0.3, -0.25) is 4.79 Å².